The summed E-state index contributed by atoms with van der Waals surface area (Å²) in [5.41, 5.74) is 6.74. The number of carbonyl (C=O) groups is 1. The summed E-state index contributed by atoms with van der Waals surface area (Å²) in [5.74, 6) is -0.861. The number of carboxylic acid groups (broad SMARTS) is 1. The van der Waals surface area contributed by atoms with Crippen molar-refractivity contribution in [2.75, 3.05) is 0 Å². The Hall–Kier alpha value is -3.70. The molecule has 0 amide bonds. The highest BCUT2D eigenvalue weighted by Gasteiger charge is 2.19. The molecule has 3 aromatic heterocycles. The number of benzene rings is 2. The monoisotopic (exact) mass is 547 g/mol. The minimum Gasteiger partial charge on any atom is -0.481 e. The Morgan fingerprint density at radius 3 is 2.32 bits per heavy atom. The van der Waals surface area contributed by atoms with Gasteiger partial charge in [0.05, 0.1) is 22.2 Å². The third-order valence-electron chi connectivity index (χ3n) is 5.32. The number of halogens is 1. The van der Waals surface area contributed by atoms with Crippen LogP contribution in [0.5, 0.6) is 0 Å². The number of aromatic amines is 1. The third-order valence-corrected chi connectivity index (χ3v) is 6.71. The van der Waals surface area contributed by atoms with Crippen molar-refractivity contribution in [3.05, 3.63) is 70.5 Å². The van der Waals surface area contributed by atoms with Crippen LogP contribution in [0.4, 0.5) is 0 Å². The summed E-state index contributed by atoms with van der Waals surface area (Å²) in [5, 5.41) is 20.6. The molecule has 0 aliphatic heterocycles. The first kappa shape index (κ1) is 28.9. The second-order valence-electron chi connectivity index (χ2n) is 9.78. The molecular formula is C30H30ClN3O3S. The van der Waals surface area contributed by atoms with Crippen LogP contribution >= 0.6 is 22.9 Å². The summed E-state index contributed by atoms with van der Waals surface area (Å²) >= 11 is 7.65. The highest BCUT2D eigenvalue weighted by molar-refractivity contribution is 7.22. The first-order valence-corrected chi connectivity index (χ1v) is 13.0. The number of aromatic nitrogens is 3. The van der Waals surface area contributed by atoms with Gasteiger partial charge in [-0.25, -0.2) is 9.97 Å². The lowest BCUT2D eigenvalue weighted by Gasteiger charge is -2.13. The van der Waals surface area contributed by atoms with Crippen LogP contribution < -0.4 is 0 Å². The standard InChI is InChI=1S/C24H18ClN3O2S.C4H10O.C2H2/c1-12-7-19-22(21(18(12)10-20(29)30)14-3-5-17(25)6-4-14)31-24(28-19)16-9-15-8-13(2)27-23(15)26-11-16;1-4(2,3)5;1-2/h3-9,11H,10H2,1-2H3,(H,26,27)(H,29,30);5H,1-3H3;1-2H. The summed E-state index contributed by atoms with van der Waals surface area (Å²) in [6.07, 6.45) is 9.77. The molecule has 0 radical (unpaired) electrons. The number of H-pyrrole nitrogens is 1. The SMILES string of the molecule is C#C.CC(C)(C)O.Cc1cc2cc(-c3nc4cc(C)c(CC(=O)O)c(-c5ccc(Cl)cc5)c4s3)cnc2[nH]1. The van der Waals surface area contributed by atoms with Gasteiger partial charge in [-0.1, -0.05) is 23.7 Å². The number of hydrogen-bond donors (Lipinski definition) is 3. The molecule has 0 aliphatic carbocycles. The summed E-state index contributed by atoms with van der Waals surface area (Å²) in [7, 11) is 0. The topological polar surface area (TPSA) is 99.1 Å². The van der Waals surface area contributed by atoms with Crippen LogP contribution in [0.25, 0.3) is 42.9 Å². The quantitative estimate of drug-likeness (QED) is 0.203. The molecule has 2 aromatic carbocycles. The van der Waals surface area contributed by atoms with Crippen LogP contribution in [-0.2, 0) is 11.2 Å². The average Bonchev–Trinajstić information content (AvgIpc) is 3.42. The number of thiazole rings is 1. The van der Waals surface area contributed by atoms with Crippen LogP contribution in [-0.4, -0.2) is 36.7 Å². The Labute approximate surface area is 231 Å². The van der Waals surface area contributed by atoms with Gasteiger partial charge < -0.3 is 15.2 Å². The number of aryl methyl sites for hydroxylation is 2. The van der Waals surface area contributed by atoms with Gasteiger partial charge in [-0.15, -0.1) is 24.2 Å². The number of nitrogens with one attached hydrogen (secondary N) is 1. The molecule has 38 heavy (non-hydrogen) atoms. The number of carboxylic acids is 1. The molecule has 0 saturated heterocycles. The van der Waals surface area contributed by atoms with Crippen LogP contribution in [0.3, 0.4) is 0 Å². The fraction of sp³-hybridized carbons (Fsp3) is 0.233. The summed E-state index contributed by atoms with van der Waals surface area (Å²) in [6, 6.07) is 13.6. The van der Waals surface area contributed by atoms with Gasteiger partial charge >= 0.3 is 5.97 Å². The maximum absolute atomic E-state index is 11.6. The maximum atomic E-state index is 11.6. The molecule has 196 valence electrons. The highest BCUT2D eigenvalue weighted by atomic mass is 35.5. The van der Waals surface area contributed by atoms with Crippen molar-refractivity contribution in [1.82, 2.24) is 15.0 Å². The minimum absolute atomic E-state index is 0.0525. The smallest absolute Gasteiger partial charge is 0.307 e. The molecule has 0 spiro atoms. The highest BCUT2D eigenvalue weighted by Crippen LogP contribution is 2.41. The first-order chi connectivity index (χ1) is 17.9. The van der Waals surface area contributed by atoms with Gasteiger partial charge in [-0.2, -0.15) is 0 Å². The number of aliphatic carboxylic acids is 1. The zero-order valence-corrected chi connectivity index (χ0v) is 23.5. The molecule has 0 fully saturated rings. The number of pyridine rings is 1. The first-order valence-electron chi connectivity index (χ1n) is 11.8. The Morgan fingerprint density at radius 2 is 1.71 bits per heavy atom. The van der Waals surface area contributed by atoms with Gasteiger partial charge in [0.15, 0.2) is 0 Å². The number of terminal acetylenes is 1. The molecule has 3 heterocycles. The van der Waals surface area contributed by atoms with Crippen LogP contribution in [0.1, 0.15) is 37.6 Å². The number of rotatable bonds is 4. The Morgan fingerprint density at radius 1 is 1.08 bits per heavy atom. The van der Waals surface area contributed by atoms with Gasteiger partial charge in [0.2, 0.25) is 0 Å². The molecule has 6 nitrogen and oxygen atoms in total. The zero-order chi connectivity index (χ0) is 28.2. The van der Waals surface area contributed by atoms with Crippen molar-refractivity contribution in [1.29, 1.82) is 0 Å². The molecule has 0 unspecified atom stereocenters. The van der Waals surface area contributed by atoms with Crippen molar-refractivity contribution in [2.45, 2.75) is 46.6 Å². The predicted molar refractivity (Wildman–Crippen MR) is 158 cm³/mol. The predicted octanol–water partition coefficient (Wildman–Crippen LogP) is 7.43. The summed E-state index contributed by atoms with van der Waals surface area (Å²) in [4.78, 5) is 24.2. The number of nitrogens with zero attached hydrogens (tertiary/aromatic N) is 2. The van der Waals surface area contributed by atoms with Gasteiger partial charge in [-0.05, 0) is 81.6 Å². The molecule has 0 atom stereocenters. The zero-order valence-electron chi connectivity index (χ0n) is 22.0. The van der Waals surface area contributed by atoms with E-state index in [0.717, 1.165) is 59.8 Å². The average molecular weight is 548 g/mol. The molecule has 0 aliphatic rings. The largest absolute Gasteiger partial charge is 0.481 e. The van der Waals surface area contributed by atoms with E-state index in [-0.39, 0.29) is 6.42 Å². The second-order valence-corrected chi connectivity index (χ2v) is 11.2. The normalized spacial score (nSPS) is 11.0. The van der Waals surface area contributed by atoms with E-state index in [1.165, 1.54) is 0 Å². The fourth-order valence-electron chi connectivity index (χ4n) is 3.93. The van der Waals surface area contributed by atoms with Gasteiger partial charge in [0, 0.05) is 33.4 Å². The second kappa shape index (κ2) is 11.8. The Kier molecular flexibility index (Phi) is 8.95. The Bertz CT molecular complexity index is 1600. The molecule has 5 rings (SSSR count). The number of aliphatic hydroxyl groups is 1. The lowest BCUT2D eigenvalue weighted by atomic mass is 9.93. The van der Waals surface area contributed by atoms with E-state index in [9.17, 15) is 9.90 Å². The van der Waals surface area contributed by atoms with Crippen LogP contribution in [0, 0.1) is 26.7 Å². The van der Waals surface area contributed by atoms with E-state index in [4.69, 9.17) is 21.7 Å². The van der Waals surface area contributed by atoms with E-state index in [1.807, 2.05) is 50.4 Å². The summed E-state index contributed by atoms with van der Waals surface area (Å²) < 4.78 is 0.963. The molecule has 0 bridgehead atoms. The fourth-order valence-corrected chi connectivity index (χ4v) is 5.17. The molecular weight excluding hydrogens is 518 g/mol. The lowest BCUT2D eigenvalue weighted by molar-refractivity contribution is -0.136. The van der Waals surface area contributed by atoms with Crippen LogP contribution in [0.15, 0.2) is 48.7 Å². The van der Waals surface area contributed by atoms with E-state index >= 15 is 0 Å². The van der Waals surface area contributed by atoms with Gasteiger partial charge in [0.1, 0.15) is 10.7 Å². The molecule has 3 N–H and O–H groups in total. The summed E-state index contributed by atoms with van der Waals surface area (Å²) in [6.45, 7) is 9.17. The van der Waals surface area contributed by atoms with E-state index < -0.39 is 11.6 Å². The van der Waals surface area contributed by atoms with Gasteiger partial charge in [0.25, 0.3) is 0 Å². The maximum Gasteiger partial charge on any atom is 0.307 e. The van der Waals surface area contributed by atoms with E-state index in [0.29, 0.717) is 5.02 Å². The van der Waals surface area contributed by atoms with Crippen molar-refractivity contribution >= 4 is 50.2 Å². The van der Waals surface area contributed by atoms with E-state index in [2.05, 4.69) is 34.9 Å². The Balaban J connectivity index is 0.000000515. The van der Waals surface area contributed by atoms with Crippen LogP contribution in [0.2, 0.25) is 5.02 Å². The van der Waals surface area contributed by atoms with Crippen molar-refractivity contribution < 1.29 is 15.0 Å². The number of hydrogen-bond acceptors (Lipinski definition) is 5. The van der Waals surface area contributed by atoms with E-state index in [1.54, 1.807) is 32.1 Å². The third kappa shape index (κ3) is 6.99. The lowest BCUT2D eigenvalue weighted by Crippen LogP contribution is -2.10. The molecule has 0 saturated carbocycles. The number of fused-ring (bicyclic) bond motifs is 2. The van der Waals surface area contributed by atoms with Crippen molar-refractivity contribution in [3.63, 3.8) is 0 Å². The molecule has 8 heteroatoms. The molecule has 5 aromatic rings. The van der Waals surface area contributed by atoms with Gasteiger partial charge in [-0.3, -0.25) is 4.79 Å². The minimum atomic E-state index is -0.861. The van der Waals surface area contributed by atoms with Crippen molar-refractivity contribution in [3.8, 4) is 34.5 Å². The van der Waals surface area contributed by atoms with Crippen molar-refractivity contribution in [2.24, 2.45) is 0 Å².